The minimum atomic E-state index is 0.162. The third-order valence-corrected chi connectivity index (χ3v) is 4.88. The highest BCUT2D eigenvalue weighted by molar-refractivity contribution is 7.99. The smallest absolute Gasteiger partial charge is 0.317 e. The summed E-state index contributed by atoms with van der Waals surface area (Å²) in [5.41, 5.74) is 0. The quantitative estimate of drug-likeness (QED) is 0.823. The molecule has 0 aliphatic carbocycles. The second kappa shape index (κ2) is 6.53. The number of hydrogen-bond donors (Lipinski definition) is 1. The lowest BCUT2D eigenvalue weighted by Gasteiger charge is -2.31. The maximum absolute atomic E-state index is 12.0. The lowest BCUT2D eigenvalue weighted by atomic mass is 10.0. The van der Waals surface area contributed by atoms with E-state index >= 15 is 0 Å². The van der Waals surface area contributed by atoms with Gasteiger partial charge in [0.15, 0.2) is 0 Å². The monoisotopic (exact) mass is 256 g/mol. The summed E-state index contributed by atoms with van der Waals surface area (Å²) < 4.78 is 0. The van der Waals surface area contributed by atoms with Gasteiger partial charge in [0.25, 0.3) is 0 Å². The molecular formula is C13H24N2OS. The van der Waals surface area contributed by atoms with E-state index in [9.17, 15) is 4.79 Å². The second-order valence-corrected chi connectivity index (χ2v) is 6.66. The molecule has 0 bridgehead atoms. The van der Waals surface area contributed by atoms with E-state index in [0.717, 1.165) is 26.1 Å². The largest absolute Gasteiger partial charge is 0.338 e. The molecule has 98 valence electrons. The Morgan fingerprint density at radius 2 is 2.12 bits per heavy atom. The van der Waals surface area contributed by atoms with Crippen molar-refractivity contribution in [2.45, 2.75) is 32.6 Å². The van der Waals surface area contributed by atoms with Crippen molar-refractivity contribution in [3.05, 3.63) is 0 Å². The van der Waals surface area contributed by atoms with E-state index in [1.54, 1.807) is 0 Å². The van der Waals surface area contributed by atoms with E-state index in [4.69, 9.17) is 0 Å². The maximum atomic E-state index is 12.0. The van der Waals surface area contributed by atoms with Gasteiger partial charge >= 0.3 is 6.03 Å². The first-order valence-corrected chi connectivity index (χ1v) is 8.01. The van der Waals surface area contributed by atoms with Gasteiger partial charge in [0.2, 0.25) is 0 Å². The summed E-state index contributed by atoms with van der Waals surface area (Å²) in [6, 6.07) is 0.162. The van der Waals surface area contributed by atoms with Crippen LogP contribution in [0.5, 0.6) is 0 Å². The molecule has 2 aliphatic heterocycles. The van der Waals surface area contributed by atoms with Crippen molar-refractivity contribution in [1.29, 1.82) is 0 Å². The Morgan fingerprint density at radius 1 is 1.35 bits per heavy atom. The fourth-order valence-corrected chi connectivity index (χ4v) is 3.87. The van der Waals surface area contributed by atoms with Crippen molar-refractivity contribution < 1.29 is 4.79 Å². The molecular weight excluding hydrogens is 232 g/mol. The van der Waals surface area contributed by atoms with Crippen LogP contribution < -0.4 is 5.32 Å². The van der Waals surface area contributed by atoms with Crippen molar-refractivity contribution in [2.24, 2.45) is 11.8 Å². The van der Waals surface area contributed by atoms with Crippen LogP contribution >= 0.6 is 11.8 Å². The number of piperidine rings is 1. The number of amides is 2. The third kappa shape index (κ3) is 4.09. The van der Waals surface area contributed by atoms with E-state index in [-0.39, 0.29) is 6.03 Å². The SMILES string of the molecule is CC1CCCN(C(=O)NCC2CCSCC2)C1. The summed E-state index contributed by atoms with van der Waals surface area (Å²) in [4.78, 5) is 14.0. The highest BCUT2D eigenvalue weighted by atomic mass is 32.2. The van der Waals surface area contributed by atoms with Crippen molar-refractivity contribution in [1.82, 2.24) is 10.2 Å². The molecule has 0 aromatic carbocycles. The van der Waals surface area contributed by atoms with E-state index in [2.05, 4.69) is 12.2 Å². The van der Waals surface area contributed by atoms with E-state index in [0.29, 0.717) is 11.8 Å². The Kier molecular flexibility index (Phi) is 5.01. The molecule has 2 saturated heterocycles. The highest BCUT2D eigenvalue weighted by Gasteiger charge is 2.21. The Balaban J connectivity index is 1.69. The van der Waals surface area contributed by atoms with Crippen molar-refractivity contribution in [2.75, 3.05) is 31.1 Å². The zero-order chi connectivity index (χ0) is 12.1. The van der Waals surface area contributed by atoms with Crippen LogP contribution in [0.15, 0.2) is 0 Å². The van der Waals surface area contributed by atoms with Gasteiger partial charge in [-0.15, -0.1) is 0 Å². The topological polar surface area (TPSA) is 32.3 Å². The minimum Gasteiger partial charge on any atom is -0.338 e. The van der Waals surface area contributed by atoms with Crippen LogP contribution in [0.4, 0.5) is 4.79 Å². The lowest BCUT2D eigenvalue weighted by Crippen LogP contribution is -2.46. The van der Waals surface area contributed by atoms with Gasteiger partial charge < -0.3 is 10.2 Å². The summed E-state index contributed by atoms with van der Waals surface area (Å²) in [5, 5.41) is 3.12. The molecule has 1 atom stereocenters. The van der Waals surface area contributed by atoms with Gasteiger partial charge in [0.1, 0.15) is 0 Å². The molecule has 2 aliphatic rings. The van der Waals surface area contributed by atoms with Gasteiger partial charge in [-0.3, -0.25) is 0 Å². The Bertz CT molecular complexity index is 254. The average Bonchev–Trinajstić information content (AvgIpc) is 2.37. The van der Waals surface area contributed by atoms with Crippen LogP contribution in [0.25, 0.3) is 0 Å². The number of urea groups is 1. The summed E-state index contributed by atoms with van der Waals surface area (Å²) in [7, 11) is 0. The number of carbonyl (C=O) groups is 1. The number of likely N-dealkylation sites (tertiary alicyclic amines) is 1. The predicted molar refractivity (Wildman–Crippen MR) is 73.4 cm³/mol. The molecule has 0 spiro atoms. The zero-order valence-corrected chi connectivity index (χ0v) is 11.6. The summed E-state index contributed by atoms with van der Waals surface area (Å²) in [6.45, 7) is 4.99. The van der Waals surface area contributed by atoms with E-state index in [1.165, 1.54) is 30.8 Å². The van der Waals surface area contributed by atoms with Gasteiger partial charge in [0, 0.05) is 19.6 Å². The number of nitrogens with one attached hydrogen (secondary N) is 1. The first-order chi connectivity index (χ1) is 8.25. The van der Waals surface area contributed by atoms with Crippen molar-refractivity contribution in [3.63, 3.8) is 0 Å². The molecule has 0 aromatic heterocycles. The van der Waals surface area contributed by atoms with E-state index in [1.807, 2.05) is 16.7 Å². The van der Waals surface area contributed by atoms with Gasteiger partial charge in [0.05, 0.1) is 0 Å². The third-order valence-electron chi connectivity index (χ3n) is 3.83. The molecule has 2 fully saturated rings. The molecule has 1 unspecified atom stereocenters. The normalized spacial score (nSPS) is 26.9. The number of nitrogens with zero attached hydrogens (tertiary/aromatic N) is 1. The summed E-state index contributed by atoms with van der Waals surface area (Å²) in [5.74, 6) is 3.91. The first kappa shape index (κ1) is 13.1. The van der Waals surface area contributed by atoms with Gasteiger partial charge in [-0.1, -0.05) is 6.92 Å². The molecule has 2 rings (SSSR count). The lowest BCUT2D eigenvalue weighted by molar-refractivity contribution is 0.168. The molecule has 4 heteroatoms. The molecule has 0 saturated carbocycles. The molecule has 1 N–H and O–H groups in total. The minimum absolute atomic E-state index is 0.162. The standard InChI is InChI=1S/C13H24N2OS/c1-11-3-2-6-15(10-11)13(16)14-9-12-4-7-17-8-5-12/h11-12H,2-10H2,1H3,(H,14,16). The molecule has 2 amide bonds. The predicted octanol–water partition coefficient (Wildman–Crippen LogP) is 2.57. The molecule has 3 nitrogen and oxygen atoms in total. The first-order valence-electron chi connectivity index (χ1n) is 6.86. The van der Waals surface area contributed by atoms with Crippen LogP contribution in [0.1, 0.15) is 32.6 Å². The molecule has 0 aromatic rings. The number of thioether (sulfide) groups is 1. The van der Waals surface area contributed by atoms with Crippen LogP contribution in [0, 0.1) is 11.8 Å². The summed E-state index contributed by atoms with van der Waals surface area (Å²) >= 11 is 2.04. The van der Waals surface area contributed by atoms with Crippen LogP contribution in [0.3, 0.4) is 0 Å². The second-order valence-electron chi connectivity index (χ2n) is 5.44. The van der Waals surface area contributed by atoms with Crippen LogP contribution in [-0.4, -0.2) is 42.1 Å². The Hall–Kier alpha value is -0.380. The number of rotatable bonds is 2. The van der Waals surface area contributed by atoms with Crippen LogP contribution in [0.2, 0.25) is 0 Å². The van der Waals surface area contributed by atoms with E-state index < -0.39 is 0 Å². The van der Waals surface area contributed by atoms with Crippen LogP contribution in [-0.2, 0) is 0 Å². The number of hydrogen-bond acceptors (Lipinski definition) is 2. The fourth-order valence-electron chi connectivity index (χ4n) is 2.67. The number of carbonyl (C=O) groups excluding carboxylic acids is 1. The van der Waals surface area contributed by atoms with Gasteiger partial charge in [-0.25, -0.2) is 4.79 Å². The Morgan fingerprint density at radius 3 is 2.82 bits per heavy atom. The maximum Gasteiger partial charge on any atom is 0.317 e. The van der Waals surface area contributed by atoms with Gasteiger partial charge in [-0.05, 0) is 49.0 Å². The van der Waals surface area contributed by atoms with Crippen molar-refractivity contribution in [3.8, 4) is 0 Å². The van der Waals surface area contributed by atoms with Crippen molar-refractivity contribution >= 4 is 17.8 Å². The molecule has 2 heterocycles. The summed E-state index contributed by atoms with van der Waals surface area (Å²) in [6.07, 6.45) is 4.96. The zero-order valence-electron chi connectivity index (χ0n) is 10.8. The average molecular weight is 256 g/mol. The fraction of sp³-hybridized carbons (Fsp3) is 0.923. The molecule has 17 heavy (non-hydrogen) atoms. The Labute approximate surface area is 109 Å². The molecule has 0 radical (unpaired) electrons. The van der Waals surface area contributed by atoms with Gasteiger partial charge in [-0.2, -0.15) is 11.8 Å². The highest BCUT2D eigenvalue weighted by Crippen LogP contribution is 2.22.